The lowest BCUT2D eigenvalue weighted by Gasteiger charge is -2.09. The molecule has 0 saturated heterocycles. The van der Waals surface area contributed by atoms with E-state index in [2.05, 4.69) is 0 Å². The minimum absolute atomic E-state index is 0.0685. The number of halogens is 3. The summed E-state index contributed by atoms with van der Waals surface area (Å²) >= 11 is 0. The van der Waals surface area contributed by atoms with Gasteiger partial charge in [-0.2, -0.15) is 13.2 Å². The molecule has 0 atom stereocenters. The van der Waals surface area contributed by atoms with Crippen LogP contribution in [0.2, 0.25) is 0 Å². The standard InChI is InChI=1S/C16H11F3O3/c17-16(18,19)11-2-1-3-13(6-11)21-8-10-9-22-15-7-12(20)4-5-14(10)15/h1-7,9,20H,8H2. The fourth-order valence-corrected chi connectivity index (χ4v) is 2.11. The number of benzene rings is 2. The highest BCUT2D eigenvalue weighted by molar-refractivity contribution is 5.82. The first-order valence-electron chi connectivity index (χ1n) is 6.42. The predicted octanol–water partition coefficient (Wildman–Crippen LogP) is 4.74. The van der Waals surface area contributed by atoms with Gasteiger partial charge in [0.2, 0.25) is 0 Å². The fourth-order valence-electron chi connectivity index (χ4n) is 2.11. The van der Waals surface area contributed by atoms with Crippen molar-refractivity contribution in [3.8, 4) is 11.5 Å². The van der Waals surface area contributed by atoms with Gasteiger partial charge in [0.25, 0.3) is 0 Å². The Labute approximate surface area is 123 Å². The molecule has 0 aliphatic rings. The maximum atomic E-state index is 12.6. The first-order chi connectivity index (χ1) is 10.4. The number of aromatic hydroxyl groups is 1. The quantitative estimate of drug-likeness (QED) is 0.760. The third-order valence-corrected chi connectivity index (χ3v) is 3.20. The number of ether oxygens (including phenoxy) is 1. The van der Waals surface area contributed by atoms with E-state index in [9.17, 15) is 18.3 Å². The zero-order chi connectivity index (χ0) is 15.7. The van der Waals surface area contributed by atoms with Crippen LogP contribution >= 0.6 is 0 Å². The van der Waals surface area contributed by atoms with Gasteiger partial charge in [-0.25, -0.2) is 0 Å². The Morgan fingerprint density at radius 3 is 2.68 bits per heavy atom. The smallest absolute Gasteiger partial charge is 0.416 e. The molecule has 0 unspecified atom stereocenters. The lowest BCUT2D eigenvalue weighted by molar-refractivity contribution is -0.137. The van der Waals surface area contributed by atoms with Crippen molar-refractivity contribution in [3.63, 3.8) is 0 Å². The zero-order valence-corrected chi connectivity index (χ0v) is 11.2. The van der Waals surface area contributed by atoms with Crippen molar-refractivity contribution in [1.29, 1.82) is 0 Å². The van der Waals surface area contributed by atoms with Crippen LogP contribution in [-0.4, -0.2) is 5.11 Å². The summed E-state index contributed by atoms with van der Waals surface area (Å²) in [5.41, 5.74) is 0.419. The van der Waals surface area contributed by atoms with Crippen molar-refractivity contribution >= 4 is 11.0 Å². The molecule has 3 nitrogen and oxygen atoms in total. The molecule has 1 N–H and O–H groups in total. The van der Waals surface area contributed by atoms with Crippen LogP contribution in [-0.2, 0) is 12.8 Å². The average molecular weight is 308 g/mol. The van der Waals surface area contributed by atoms with Crippen molar-refractivity contribution in [1.82, 2.24) is 0 Å². The van der Waals surface area contributed by atoms with Crippen LogP contribution in [0.5, 0.6) is 11.5 Å². The normalized spacial score (nSPS) is 11.8. The molecule has 0 spiro atoms. The van der Waals surface area contributed by atoms with E-state index in [1.165, 1.54) is 30.5 Å². The Morgan fingerprint density at radius 1 is 1.09 bits per heavy atom. The number of phenolic OH excluding ortho intramolecular Hbond substituents is 1. The third kappa shape index (κ3) is 2.86. The Balaban J connectivity index is 1.80. The van der Waals surface area contributed by atoms with Gasteiger partial charge in [0, 0.05) is 17.0 Å². The van der Waals surface area contributed by atoms with Crippen LogP contribution < -0.4 is 4.74 Å². The summed E-state index contributed by atoms with van der Waals surface area (Å²) in [6, 6.07) is 9.33. The number of rotatable bonds is 3. The Bertz CT molecular complexity index is 806. The van der Waals surface area contributed by atoms with Crippen LogP contribution in [0.1, 0.15) is 11.1 Å². The molecule has 0 amide bonds. The van der Waals surface area contributed by atoms with Gasteiger partial charge in [-0.3, -0.25) is 0 Å². The second kappa shape index (κ2) is 5.29. The first kappa shape index (κ1) is 14.3. The summed E-state index contributed by atoms with van der Waals surface area (Å²) in [4.78, 5) is 0. The highest BCUT2D eigenvalue weighted by atomic mass is 19.4. The molecule has 0 aliphatic carbocycles. The molecule has 6 heteroatoms. The van der Waals surface area contributed by atoms with E-state index in [-0.39, 0.29) is 18.1 Å². The van der Waals surface area contributed by atoms with E-state index >= 15 is 0 Å². The van der Waals surface area contributed by atoms with Gasteiger partial charge in [0.15, 0.2) is 0 Å². The van der Waals surface area contributed by atoms with Crippen LogP contribution in [0.25, 0.3) is 11.0 Å². The van der Waals surface area contributed by atoms with Gasteiger partial charge in [-0.05, 0) is 30.3 Å². The number of furan rings is 1. The molecule has 114 valence electrons. The Hall–Kier alpha value is -2.63. The molecule has 0 aliphatic heterocycles. The number of hydrogen-bond donors (Lipinski definition) is 1. The third-order valence-electron chi connectivity index (χ3n) is 3.20. The molecular weight excluding hydrogens is 297 g/mol. The van der Waals surface area contributed by atoms with Crippen LogP contribution in [0, 0.1) is 0 Å². The van der Waals surface area contributed by atoms with Crippen LogP contribution in [0.3, 0.4) is 0 Å². The van der Waals surface area contributed by atoms with Crippen molar-refractivity contribution < 1.29 is 27.4 Å². The molecule has 0 bridgehead atoms. The summed E-state index contributed by atoms with van der Waals surface area (Å²) in [6.07, 6.45) is -2.95. The topological polar surface area (TPSA) is 42.6 Å². The molecule has 22 heavy (non-hydrogen) atoms. The second-order valence-corrected chi connectivity index (χ2v) is 4.76. The Morgan fingerprint density at radius 2 is 1.91 bits per heavy atom. The summed E-state index contributed by atoms with van der Waals surface area (Å²) in [6.45, 7) is 0.0685. The van der Waals surface area contributed by atoms with Crippen LogP contribution in [0.15, 0.2) is 53.1 Å². The monoisotopic (exact) mass is 308 g/mol. The van der Waals surface area contributed by atoms with Crippen LogP contribution in [0.4, 0.5) is 13.2 Å². The zero-order valence-electron chi connectivity index (χ0n) is 11.2. The second-order valence-electron chi connectivity index (χ2n) is 4.76. The van der Waals surface area contributed by atoms with E-state index < -0.39 is 11.7 Å². The van der Waals surface area contributed by atoms with Crippen molar-refractivity contribution in [2.75, 3.05) is 0 Å². The van der Waals surface area contributed by atoms with Gasteiger partial charge >= 0.3 is 6.18 Å². The van der Waals surface area contributed by atoms with E-state index in [1.54, 1.807) is 6.07 Å². The molecule has 2 aromatic carbocycles. The van der Waals surface area contributed by atoms with E-state index in [0.717, 1.165) is 17.5 Å². The maximum absolute atomic E-state index is 12.6. The lowest BCUT2D eigenvalue weighted by Crippen LogP contribution is -2.05. The highest BCUT2D eigenvalue weighted by Crippen LogP contribution is 2.32. The fraction of sp³-hybridized carbons (Fsp3) is 0.125. The molecule has 1 aromatic heterocycles. The van der Waals surface area contributed by atoms with E-state index in [0.29, 0.717) is 11.1 Å². The molecule has 3 aromatic rings. The van der Waals surface area contributed by atoms with Gasteiger partial charge in [-0.1, -0.05) is 6.07 Å². The van der Waals surface area contributed by atoms with Crippen molar-refractivity contribution in [3.05, 3.63) is 59.9 Å². The van der Waals surface area contributed by atoms with Crippen molar-refractivity contribution in [2.24, 2.45) is 0 Å². The van der Waals surface area contributed by atoms with Gasteiger partial charge in [0.05, 0.1) is 11.8 Å². The molecular formula is C16H11F3O3. The predicted molar refractivity (Wildman–Crippen MR) is 73.7 cm³/mol. The molecule has 3 rings (SSSR count). The lowest BCUT2D eigenvalue weighted by atomic mass is 10.2. The molecule has 0 radical (unpaired) electrons. The summed E-state index contributed by atoms with van der Waals surface area (Å²) < 4.78 is 48.6. The van der Waals surface area contributed by atoms with Crippen molar-refractivity contribution in [2.45, 2.75) is 12.8 Å². The molecule has 1 heterocycles. The summed E-state index contributed by atoms with van der Waals surface area (Å²) in [7, 11) is 0. The SMILES string of the molecule is Oc1ccc2c(COc3cccc(C(F)(F)F)c3)coc2c1. The van der Waals surface area contributed by atoms with Gasteiger partial charge in [0.1, 0.15) is 23.7 Å². The largest absolute Gasteiger partial charge is 0.508 e. The van der Waals surface area contributed by atoms with E-state index in [1.807, 2.05) is 0 Å². The number of phenols is 1. The Kier molecular flexibility index (Phi) is 3.44. The van der Waals surface area contributed by atoms with E-state index in [4.69, 9.17) is 9.15 Å². The maximum Gasteiger partial charge on any atom is 0.416 e. The minimum Gasteiger partial charge on any atom is -0.508 e. The number of fused-ring (bicyclic) bond motifs is 1. The minimum atomic E-state index is -4.40. The summed E-state index contributed by atoms with van der Waals surface area (Å²) in [5.74, 6) is 0.204. The van der Waals surface area contributed by atoms with Gasteiger partial charge < -0.3 is 14.3 Å². The molecule has 0 fully saturated rings. The van der Waals surface area contributed by atoms with Gasteiger partial charge in [-0.15, -0.1) is 0 Å². The molecule has 0 saturated carbocycles. The number of hydrogen-bond acceptors (Lipinski definition) is 3. The number of alkyl halides is 3. The highest BCUT2D eigenvalue weighted by Gasteiger charge is 2.30. The average Bonchev–Trinajstić information content (AvgIpc) is 2.86. The first-order valence-corrected chi connectivity index (χ1v) is 6.42. The summed E-state index contributed by atoms with van der Waals surface area (Å²) in [5, 5.41) is 10.1.